The van der Waals surface area contributed by atoms with Crippen LogP contribution in [0.5, 0.6) is 0 Å². The average Bonchev–Trinajstić information content (AvgIpc) is 2.27. The zero-order chi connectivity index (χ0) is 12.3. The highest BCUT2D eigenvalue weighted by molar-refractivity contribution is 6.30. The molecule has 0 unspecified atom stereocenters. The predicted molar refractivity (Wildman–Crippen MR) is 59.8 cm³/mol. The van der Waals surface area contributed by atoms with Crippen molar-refractivity contribution in [3.8, 4) is 6.07 Å². The van der Waals surface area contributed by atoms with E-state index in [2.05, 4.69) is 0 Å². The Hall–Kier alpha value is -1.28. The number of amides is 1. The minimum Gasteiger partial charge on any atom is -0.366 e. The van der Waals surface area contributed by atoms with Crippen LogP contribution in [0.15, 0.2) is 24.3 Å². The molecule has 3 N–H and O–H groups in total. The van der Waals surface area contributed by atoms with Crippen LogP contribution in [0.2, 0.25) is 5.02 Å². The SMILES string of the molecule is N#C[C@](O)(C(N)=O)[C@H](Cl)c1ccc(Cl)cc1. The van der Waals surface area contributed by atoms with E-state index in [-0.39, 0.29) is 0 Å². The van der Waals surface area contributed by atoms with Crippen LogP contribution in [0.1, 0.15) is 10.9 Å². The van der Waals surface area contributed by atoms with Crippen LogP contribution < -0.4 is 5.73 Å². The first kappa shape index (κ1) is 12.8. The first-order chi connectivity index (χ1) is 7.41. The molecule has 0 fully saturated rings. The van der Waals surface area contributed by atoms with Crippen molar-refractivity contribution in [2.45, 2.75) is 11.0 Å². The summed E-state index contributed by atoms with van der Waals surface area (Å²) in [6.45, 7) is 0. The molecule has 1 aromatic rings. The van der Waals surface area contributed by atoms with E-state index in [1.54, 1.807) is 0 Å². The monoisotopic (exact) mass is 258 g/mol. The number of halogens is 2. The Labute approximate surface area is 102 Å². The molecule has 0 aliphatic rings. The van der Waals surface area contributed by atoms with Gasteiger partial charge < -0.3 is 10.8 Å². The standard InChI is InChI=1S/C10H8Cl2N2O2/c11-7-3-1-6(2-4-7)8(12)10(16,5-13)9(14)15/h1-4,8,16H,(H2,14,15)/t8-,10-/m1/s1. The van der Waals surface area contributed by atoms with Crippen molar-refractivity contribution < 1.29 is 9.90 Å². The maximum absolute atomic E-state index is 11.0. The molecule has 0 saturated heterocycles. The van der Waals surface area contributed by atoms with Gasteiger partial charge in [-0.25, -0.2) is 0 Å². The molecule has 0 aliphatic heterocycles. The second-order valence-electron chi connectivity index (χ2n) is 3.16. The molecule has 4 nitrogen and oxygen atoms in total. The smallest absolute Gasteiger partial charge is 0.266 e. The Bertz CT molecular complexity index is 441. The molecular weight excluding hydrogens is 251 g/mol. The van der Waals surface area contributed by atoms with Gasteiger partial charge in [0, 0.05) is 5.02 Å². The fraction of sp³-hybridized carbons (Fsp3) is 0.200. The third-order valence-electron chi connectivity index (χ3n) is 2.08. The van der Waals surface area contributed by atoms with Crippen LogP contribution in [0.4, 0.5) is 0 Å². The molecular formula is C10H8Cl2N2O2. The zero-order valence-electron chi connectivity index (χ0n) is 8.02. The van der Waals surface area contributed by atoms with Gasteiger partial charge >= 0.3 is 0 Å². The second-order valence-corrected chi connectivity index (χ2v) is 4.03. The van der Waals surface area contributed by atoms with E-state index in [0.717, 1.165) is 0 Å². The second kappa shape index (κ2) is 4.71. The Balaban J connectivity index is 3.11. The van der Waals surface area contributed by atoms with E-state index in [1.807, 2.05) is 0 Å². The number of nitriles is 1. The Morgan fingerprint density at radius 1 is 1.50 bits per heavy atom. The number of rotatable bonds is 3. The van der Waals surface area contributed by atoms with E-state index in [4.69, 9.17) is 34.2 Å². The minimum absolute atomic E-state index is 0.383. The van der Waals surface area contributed by atoms with Crippen molar-refractivity contribution in [1.29, 1.82) is 5.26 Å². The highest BCUT2D eigenvalue weighted by Crippen LogP contribution is 2.32. The van der Waals surface area contributed by atoms with Crippen molar-refractivity contribution in [2.75, 3.05) is 0 Å². The molecule has 0 aromatic heterocycles. The number of carbonyl (C=O) groups is 1. The summed E-state index contributed by atoms with van der Waals surface area (Å²) in [5.74, 6) is -1.19. The van der Waals surface area contributed by atoms with E-state index < -0.39 is 16.9 Å². The highest BCUT2D eigenvalue weighted by atomic mass is 35.5. The molecule has 6 heteroatoms. The number of nitrogens with zero attached hydrogens (tertiary/aromatic N) is 1. The summed E-state index contributed by atoms with van der Waals surface area (Å²) < 4.78 is 0. The van der Waals surface area contributed by atoms with Gasteiger partial charge in [-0.2, -0.15) is 5.26 Å². The number of carbonyl (C=O) groups excluding carboxylic acids is 1. The van der Waals surface area contributed by atoms with E-state index in [1.165, 1.54) is 30.3 Å². The summed E-state index contributed by atoms with van der Waals surface area (Å²) in [6.07, 6.45) is 0. The molecule has 0 aliphatic carbocycles. The maximum atomic E-state index is 11.0. The summed E-state index contributed by atoms with van der Waals surface area (Å²) in [6, 6.07) is 7.48. The lowest BCUT2D eigenvalue weighted by atomic mass is 9.95. The summed E-state index contributed by atoms with van der Waals surface area (Å²) in [4.78, 5) is 11.0. The third kappa shape index (κ3) is 2.27. The lowest BCUT2D eigenvalue weighted by Gasteiger charge is -2.22. The third-order valence-corrected chi connectivity index (χ3v) is 2.90. The largest absolute Gasteiger partial charge is 0.366 e. The van der Waals surface area contributed by atoms with Crippen LogP contribution in [-0.2, 0) is 4.79 Å². The van der Waals surface area contributed by atoms with E-state index in [9.17, 15) is 9.90 Å². The van der Waals surface area contributed by atoms with Gasteiger partial charge in [0.05, 0.1) is 0 Å². The van der Waals surface area contributed by atoms with Gasteiger partial charge in [-0.05, 0) is 17.7 Å². The summed E-state index contributed by atoms with van der Waals surface area (Å²) >= 11 is 11.5. The van der Waals surface area contributed by atoms with Crippen molar-refractivity contribution in [2.24, 2.45) is 5.73 Å². The molecule has 1 amide bonds. The van der Waals surface area contributed by atoms with Crippen molar-refractivity contribution in [3.05, 3.63) is 34.9 Å². The maximum Gasteiger partial charge on any atom is 0.266 e. The average molecular weight is 259 g/mol. The highest BCUT2D eigenvalue weighted by Gasteiger charge is 2.43. The number of alkyl halides is 1. The lowest BCUT2D eigenvalue weighted by Crippen LogP contribution is -2.45. The quantitative estimate of drug-likeness (QED) is 0.634. The van der Waals surface area contributed by atoms with Gasteiger partial charge in [-0.15, -0.1) is 11.6 Å². The molecule has 1 rings (SSSR count). The molecule has 1 aromatic carbocycles. The molecule has 0 bridgehead atoms. The first-order valence-corrected chi connectivity index (χ1v) is 5.06. The summed E-state index contributed by atoms with van der Waals surface area (Å²) in [5, 5.41) is 17.7. The fourth-order valence-corrected chi connectivity index (χ4v) is 1.54. The zero-order valence-corrected chi connectivity index (χ0v) is 9.53. The molecule has 0 heterocycles. The Morgan fingerprint density at radius 3 is 2.38 bits per heavy atom. The number of aliphatic hydroxyl groups is 1. The Morgan fingerprint density at radius 2 is 2.00 bits per heavy atom. The van der Waals surface area contributed by atoms with Gasteiger partial charge in [-0.3, -0.25) is 4.79 Å². The van der Waals surface area contributed by atoms with Crippen molar-refractivity contribution >= 4 is 29.1 Å². The molecule has 16 heavy (non-hydrogen) atoms. The first-order valence-electron chi connectivity index (χ1n) is 4.25. The van der Waals surface area contributed by atoms with Crippen LogP contribution in [0.25, 0.3) is 0 Å². The van der Waals surface area contributed by atoms with Crippen LogP contribution in [-0.4, -0.2) is 16.6 Å². The molecule has 2 atom stereocenters. The van der Waals surface area contributed by atoms with Crippen LogP contribution in [0, 0.1) is 11.3 Å². The van der Waals surface area contributed by atoms with E-state index >= 15 is 0 Å². The van der Waals surface area contributed by atoms with Crippen molar-refractivity contribution in [3.63, 3.8) is 0 Å². The number of nitrogens with two attached hydrogens (primary N) is 1. The molecule has 0 saturated carbocycles. The fourth-order valence-electron chi connectivity index (χ4n) is 1.11. The van der Waals surface area contributed by atoms with Gasteiger partial charge in [0.25, 0.3) is 11.5 Å². The van der Waals surface area contributed by atoms with Gasteiger partial charge in [0.15, 0.2) is 0 Å². The van der Waals surface area contributed by atoms with E-state index in [0.29, 0.717) is 10.6 Å². The number of hydrogen-bond acceptors (Lipinski definition) is 3. The number of benzene rings is 1. The van der Waals surface area contributed by atoms with Gasteiger partial charge in [-0.1, -0.05) is 23.7 Å². The number of primary amides is 1. The van der Waals surface area contributed by atoms with Gasteiger partial charge in [0.2, 0.25) is 0 Å². The molecule has 0 spiro atoms. The minimum atomic E-state index is -2.44. The molecule has 0 radical (unpaired) electrons. The van der Waals surface area contributed by atoms with Crippen LogP contribution >= 0.6 is 23.2 Å². The van der Waals surface area contributed by atoms with Gasteiger partial charge in [0.1, 0.15) is 11.4 Å². The topological polar surface area (TPSA) is 87.1 Å². The summed E-state index contributed by atoms with van der Waals surface area (Å²) in [7, 11) is 0. The molecule has 84 valence electrons. The number of hydrogen-bond donors (Lipinski definition) is 2. The Kier molecular flexibility index (Phi) is 3.76. The normalized spacial score (nSPS) is 15.9. The lowest BCUT2D eigenvalue weighted by molar-refractivity contribution is -0.131. The predicted octanol–water partition coefficient (Wildman–Crippen LogP) is 1.36. The van der Waals surface area contributed by atoms with Crippen molar-refractivity contribution in [1.82, 2.24) is 0 Å². The van der Waals surface area contributed by atoms with Crippen LogP contribution in [0.3, 0.4) is 0 Å². The summed E-state index contributed by atoms with van der Waals surface area (Å²) in [5.41, 5.74) is 2.88.